The summed E-state index contributed by atoms with van der Waals surface area (Å²) in [5, 5.41) is 0. The lowest BCUT2D eigenvalue weighted by atomic mass is 10.3. The van der Waals surface area contributed by atoms with E-state index in [-0.39, 0.29) is 11.6 Å². The molecule has 0 unspecified atom stereocenters. The van der Waals surface area contributed by atoms with Gasteiger partial charge in [-0.25, -0.2) is 4.98 Å². The van der Waals surface area contributed by atoms with Gasteiger partial charge in [0.05, 0.1) is 6.26 Å². The van der Waals surface area contributed by atoms with E-state index in [0.29, 0.717) is 5.75 Å². The summed E-state index contributed by atoms with van der Waals surface area (Å²) in [4.78, 5) is 3.83. The number of benzene rings is 1. The van der Waals surface area contributed by atoms with E-state index in [1.165, 1.54) is 6.20 Å². The first kappa shape index (κ1) is 12.4. The number of hydrogen-bond acceptors (Lipinski definition) is 5. The molecule has 18 heavy (non-hydrogen) atoms. The number of rotatable bonds is 4. The Morgan fingerprint density at radius 2 is 1.78 bits per heavy atom. The van der Waals surface area contributed by atoms with Crippen molar-refractivity contribution in [2.75, 3.05) is 6.26 Å². The predicted octanol–water partition coefficient (Wildman–Crippen LogP) is 2.21. The third kappa shape index (κ3) is 3.46. The van der Waals surface area contributed by atoms with Crippen LogP contribution in [-0.4, -0.2) is 19.7 Å². The fourth-order valence-electron chi connectivity index (χ4n) is 1.28. The van der Waals surface area contributed by atoms with Crippen molar-refractivity contribution in [3.8, 4) is 17.4 Å². The Hall–Kier alpha value is -2.08. The molecule has 94 valence electrons. The van der Waals surface area contributed by atoms with Crippen molar-refractivity contribution in [3.05, 3.63) is 48.7 Å². The van der Waals surface area contributed by atoms with Crippen molar-refractivity contribution in [2.24, 2.45) is 0 Å². The van der Waals surface area contributed by atoms with Crippen LogP contribution in [0.2, 0.25) is 0 Å². The Morgan fingerprint density at radius 1 is 1.06 bits per heavy atom. The zero-order valence-electron chi connectivity index (χ0n) is 9.61. The molecule has 0 spiro atoms. The maximum atomic E-state index is 11.1. The first-order chi connectivity index (χ1) is 8.54. The molecule has 0 aliphatic rings. The second-order valence-electron chi connectivity index (χ2n) is 3.51. The summed E-state index contributed by atoms with van der Waals surface area (Å²) >= 11 is 0. The van der Waals surface area contributed by atoms with Gasteiger partial charge in [0.1, 0.15) is 5.75 Å². The van der Waals surface area contributed by atoms with E-state index >= 15 is 0 Å². The maximum absolute atomic E-state index is 11.1. The van der Waals surface area contributed by atoms with E-state index < -0.39 is 10.1 Å². The molecule has 0 amide bonds. The van der Waals surface area contributed by atoms with Gasteiger partial charge in [-0.05, 0) is 24.3 Å². The molecule has 0 radical (unpaired) electrons. The van der Waals surface area contributed by atoms with Gasteiger partial charge in [-0.1, -0.05) is 18.2 Å². The summed E-state index contributed by atoms with van der Waals surface area (Å²) in [6, 6.07) is 12.2. The average Bonchev–Trinajstić information content (AvgIpc) is 2.31. The Kier molecular flexibility index (Phi) is 3.47. The maximum Gasteiger partial charge on any atom is 0.307 e. The number of nitrogens with zero attached hydrogens (tertiary/aromatic N) is 1. The second-order valence-corrected chi connectivity index (χ2v) is 5.08. The van der Waals surface area contributed by atoms with Crippen LogP contribution in [0, 0.1) is 0 Å². The molecule has 0 atom stereocenters. The number of para-hydroxylation sites is 1. The molecule has 0 aliphatic carbocycles. The van der Waals surface area contributed by atoms with Crippen LogP contribution in [0.1, 0.15) is 0 Å². The first-order valence-corrected chi connectivity index (χ1v) is 6.93. The van der Waals surface area contributed by atoms with Crippen LogP contribution in [0.4, 0.5) is 0 Å². The van der Waals surface area contributed by atoms with Gasteiger partial charge in [0, 0.05) is 6.20 Å². The van der Waals surface area contributed by atoms with Crippen LogP contribution in [0.3, 0.4) is 0 Å². The molecule has 1 aromatic heterocycles. The molecule has 0 saturated heterocycles. The lowest BCUT2D eigenvalue weighted by molar-refractivity contribution is 0.428. The highest BCUT2D eigenvalue weighted by Crippen LogP contribution is 2.29. The van der Waals surface area contributed by atoms with Crippen LogP contribution >= 0.6 is 0 Å². The average molecular weight is 265 g/mol. The van der Waals surface area contributed by atoms with Crippen molar-refractivity contribution in [1.29, 1.82) is 0 Å². The largest absolute Gasteiger partial charge is 0.452 e. The summed E-state index contributed by atoms with van der Waals surface area (Å²) in [6.45, 7) is 0. The molecule has 1 heterocycles. The molecule has 0 saturated carbocycles. The van der Waals surface area contributed by atoms with Gasteiger partial charge in [-0.15, -0.1) is 0 Å². The fraction of sp³-hybridized carbons (Fsp3) is 0.0833. The molecule has 5 nitrogen and oxygen atoms in total. The van der Waals surface area contributed by atoms with E-state index in [1.807, 2.05) is 18.2 Å². The Bertz CT molecular complexity index is 626. The summed E-state index contributed by atoms with van der Waals surface area (Å²) in [6.07, 6.45) is 2.38. The van der Waals surface area contributed by atoms with Crippen molar-refractivity contribution in [3.63, 3.8) is 0 Å². The summed E-state index contributed by atoms with van der Waals surface area (Å²) < 4.78 is 32.4. The summed E-state index contributed by atoms with van der Waals surface area (Å²) in [5.41, 5.74) is 0. The molecule has 1 aromatic carbocycles. The second kappa shape index (κ2) is 5.05. The first-order valence-electron chi connectivity index (χ1n) is 5.12. The monoisotopic (exact) mass is 265 g/mol. The van der Waals surface area contributed by atoms with Gasteiger partial charge in [0.25, 0.3) is 5.88 Å². The van der Waals surface area contributed by atoms with Crippen molar-refractivity contribution in [1.82, 2.24) is 4.98 Å². The molecular weight excluding hydrogens is 254 g/mol. The van der Waals surface area contributed by atoms with Crippen molar-refractivity contribution >= 4 is 10.1 Å². The van der Waals surface area contributed by atoms with Crippen LogP contribution in [0.5, 0.6) is 17.4 Å². The molecule has 2 rings (SSSR count). The third-order valence-electron chi connectivity index (χ3n) is 1.94. The normalized spacial score (nSPS) is 10.9. The minimum Gasteiger partial charge on any atom is -0.452 e. The molecule has 0 bridgehead atoms. The van der Waals surface area contributed by atoms with E-state index in [2.05, 4.69) is 4.98 Å². The lowest BCUT2D eigenvalue weighted by Crippen LogP contribution is -2.07. The lowest BCUT2D eigenvalue weighted by Gasteiger charge is -2.09. The fourth-order valence-corrected chi connectivity index (χ4v) is 1.69. The summed E-state index contributed by atoms with van der Waals surface area (Å²) in [5.74, 6) is 0.738. The number of pyridine rings is 1. The van der Waals surface area contributed by atoms with Gasteiger partial charge < -0.3 is 8.92 Å². The summed E-state index contributed by atoms with van der Waals surface area (Å²) in [7, 11) is -3.63. The van der Waals surface area contributed by atoms with Crippen molar-refractivity contribution < 1.29 is 17.3 Å². The highest BCUT2D eigenvalue weighted by molar-refractivity contribution is 7.86. The van der Waals surface area contributed by atoms with E-state index in [9.17, 15) is 8.42 Å². The zero-order chi connectivity index (χ0) is 13.0. The number of ether oxygens (including phenoxy) is 1. The molecule has 0 N–H and O–H groups in total. The third-order valence-corrected chi connectivity index (χ3v) is 2.40. The Labute approximate surface area is 105 Å². The molecule has 0 aliphatic heterocycles. The predicted molar refractivity (Wildman–Crippen MR) is 66.2 cm³/mol. The van der Waals surface area contributed by atoms with E-state index in [4.69, 9.17) is 8.92 Å². The van der Waals surface area contributed by atoms with Crippen LogP contribution in [0.25, 0.3) is 0 Å². The minimum atomic E-state index is -3.63. The quantitative estimate of drug-likeness (QED) is 0.793. The van der Waals surface area contributed by atoms with Gasteiger partial charge in [0.2, 0.25) is 0 Å². The topological polar surface area (TPSA) is 65.5 Å². The highest BCUT2D eigenvalue weighted by Gasteiger charge is 2.12. The molecule has 0 fully saturated rings. The number of hydrogen-bond donors (Lipinski definition) is 0. The van der Waals surface area contributed by atoms with Crippen molar-refractivity contribution in [2.45, 2.75) is 0 Å². The Morgan fingerprint density at radius 3 is 2.44 bits per heavy atom. The van der Waals surface area contributed by atoms with Gasteiger partial charge >= 0.3 is 10.1 Å². The minimum absolute atomic E-state index is 0.0798. The van der Waals surface area contributed by atoms with E-state index in [0.717, 1.165) is 6.26 Å². The molecular formula is C12H11NO4S. The highest BCUT2D eigenvalue weighted by atomic mass is 32.2. The van der Waals surface area contributed by atoms with Gasteiger partial charge in [0.15, 0.2) is 5.75 Å². The van der Waals surface area contributed by atoms with Gasteiger partial charge in [-0.2, -0.15) is 8.42 Å². The van der Waals surface area contributed by atoms with Crippen LogP contribution < -0.4 is 8.92 Å². The molecule has 2 aromatic rings. The molecule has 6 heteroatoms. The van der Waals surface area contributed by atoms with Gasteiger partial charge in [-0.3, -0.25) is 0 Å². The Balaban J connectivity index is 2.28. The standard InChI is InChI=1S/C12H11NO4S/c1-18(14,15)17-12-11(8-5-9-13-12)16-10-6-3-2-4-7-10/h2-9H,1H3. The van der Waals surface area contributed by atoms with E-state index in [1.54, 1.807) is 24.3 Å². The van der Waals surface area contributed by atoms with Crippen LogP contribution in [-0.2, 0) is 10.1 Å². The van der Waals surface area contributed by atoms with Crippen LogP contribution in [0.15, 0.2) is 48.7 Å². The zero-order valence-corrected chi connectivity index (χ0v) is 10.4. The smallest absolute Gasteiger partial charge is 0.307 e. The SMILES string of the molecule is CS(=O)(=O)Oc1ncccc1Oc1ccccc1. The number of aromatic nitrogens is 1.